The van der Waals surface area contributed by atoms with Gasteiger partial charge in [0.15, 0.2) is 0 Å². The van der Waals surface area contributed by atoms with Crippen LogP contribution in [0.25, 0.3) is 0 Å². The van der Waals surface area contributed by atoms with Crippen LogP contribution in [0.5, 0.6) is 0 Å². The summed E-state index contributed by atoms with van der Waals surface area (Å²) in [5.74, 6) is 0.854. The van der Waals surface area contributed by atoms with Gasteiger partial charge >= 0.3 is 0 Å². The predicted molar refractivity (Wildman–Crippen MR) is 78.5 cm³/mol. The Bertz CT molecular complexity index is 154. The van der Waals surface area contributed by atoms with E-state index in [2.05, 4.69) is 63.7 Å². The van der Waals surface area contributed by atoms with Gasteiger partial charge in [-0.1, -0.05) is 83.0 Å². The van der Waals surface area contributed by atoms with E-state index in [1.807, 2.05) is 0 Å². The Morgan fingerprint density at radius 1 is 1.00 bits per heavy atom. The molecular formula is C10H16Br4. The minimum Gasteiger partial charge on any atom is -0.0916 e. The van der Waals surface area contributed by atoms with E-state index in [0.29, 0.717) is 14.5 Å². The summed E-state index contributed by atoms with van der Waals surface area (Å²) >= 11 is 14.8. The summed E-state index contributed by atoms with van der Waals surface area (Å²) < 4.78 is 0. The van der Waals surface area contributed by atoms with Crippen LogP contribution in [-0.2, 0) is 0 Å². The molecule has 1 fully saturated rings. The van der Waals surface area contributed by atoms with Crippen LogP contribution < -0.4 is 0 Å². The lowest BCUT2D eigenvalue weighted by molar-refractivity contribution is 0.349. The topological polar surface area (TPSA) is 0 Å². The molecule has 1 rings (SSSR count). The van der Waals surface area contributed by atoms with Crippen LogP contribution >= 0.6 is 63.7 Å². The average Bonchev–Trinajstić information content (AvgIpc) is 2.27. The monoisotopic (exact) mass is 452 g/mol. The minimum absolute atomic E-state index is 0.508. The molecule has 0 heterocycles. The lowest BCUT2D eigenvalue weighted by Gasteiger charge is -2.31. The van der Waals surface area contributed by atoms with Crippen molar-refractivity contribution in [1.82, 2.24) is 0 Å². The van der Waals surface area contributed by atoms with Gasteiger partial charge in [0.25, 0.3) is 0 Å². The minimum atomic E-state index is 0.508. The maximum absolute atomic E-state index is 3.85. The molecule has 84 valence electrons. The Morgan fingerprint density at radius 3 is 2.07 bits per heavy atom. The summed E-state index contributed by atoms with van der Waals surface area (Å²) in [6.45, 7) is 0. The number of halogens is 4. The van der Waals surface area contributed by atoms with Gasteiger partial charge in [0, 0.05) is 19.8 Å². The van der Waals surface area contributed by atoms with Crippen LogP contribution in [0.15, 0.2) is 0 Å². The SMILES string of the molecule is BrCC(Br)C(Br)C(Br)C1CCCCC1. The fourth-order valence-electron chi connectivity index (χ4n) is 2.00. The van der Waals surface area contributed by atoms with E-state index >= 15 is 0 Å². The Hall–Kier alpha value is 1.92. The van der Waals surface area contributed by atoms with Gasteiger partial charge < -0.3 is 0 Å². The van der Waals surface area contributed by atoms with E-state index < -0.39 is 0 Å². The maximum Gasteiger partial charge on any atom is 0.0407 e. The molecule has 0 aliphatic heterocycles. The van der Waals surface area contributed by atoms with Gasteiger partial charge in [-0.15, -0.1) is 0 Å². The van der Waals surface area contributed by atoms with Gasteiger partial charge in [-0.25, -0.2) is 0 Å². The Morgan fingerprint density at radius 2 is 1.57 bits per heavy atom. The number of rotatable bonds is 4. The number of hydrogen-bond acceptors (Lipinski definition) is 0. The summed E-state index contributed by atoms with van der Waals surface area (Å²) in [7, 11) is 0. The predicted octanol–water partition coefficient (Wildman–Crippen LogP) is 5.25. The zero-order valence-corrected chi connectivity index (χ0v) is 14.4. The van der Waals surface area contributed by atoms with E-state index in [1.165, 1.54) is 32.1 Å². The third kappa shape index (κ3) is 4.06. The van der Waals surface area contributed by atoms with Crippen LogP contribution in [0.2, 0.25) is 0 Å². The van der Waals surface area contributed by atoms with Crippen molar-refractivity contribution >= 4 is 63.7 Å². The quantitative estimate of drug-likeness (QED) is 0.508. The lowest BCUT2D eigenvalue weighted by atomic mass is 9.86. The third-order valence-electron chi connectivity index (χ3n) is 2.90. The smallest absolute Gasteiger partial charge is 0.0407 e. The van der Waals surface area contributed by atoms with Gasteiger partial charge in [0.2, 0.25) is 0 Å². The van der Waals surface area contributed by atoms with Crippen molar-refractivity contribution < 1.29 is 0 Å². The van der Waals surface area contributed by atoms with Crippen LogP contribution in [0, 0.1) is 5.92 Å². The molecule has 1 aliphatic rings. The van der Waals surface area contributed by atoms with Crippen LogP contribution in [0.4, 0.5) is 0 Å². The maximum atomic E-state index is 3.85. The van der Waals surface area contributed by atoms with E-state index in [-0.39, 0.29) is 0 Å². The summed E-state index contributed by atoms with van der Waals surface area (Å²) in [6.07, 6.45) is 7.03. The molecule has 0 bridgehead atoms. The highest BCUT2D eigenvalue weighted by atomic mass is 79.9. The molecule has 3 unspecified atom stereocenters. The molecule has 4 heteroatoms. The Labute approximate surface area is 120 Å². The fraction of sp³-hybridized carbons (Fsp3) is 1.00. The summed E-state index contributed by atoms with van der Waals surface area (Å²) in [6, 6.07) is 0. The summed E-state index contributed by atoms with van der Waals surface area (Å²) in [5, 5.41) is 0.998. The first-order valence-electron chi connectivity index (χ1n) is 5.15. The van der Waals surface area contributed by atoms with E-state index in [9.17, 15) is 0 Å². The van der Waals surface area contributed by atoms with Gasteiger partial charge in [-0.05, 0) is 18.8 Å². The molecule has 1 aliphatic carbocycles. The van der Waals surface area contributed by atoms with E-state index in [4.69, 9.17) is 0 Å². The molecule has 0 nitrogen and oxygen atoms in total. The first-order chi connectivity index (χ1) is 6.66. The molecule has 1 saturated carbocycles. The number of hydrogen-bond donors (Lipinski definition) is 0. The van der Waals surface area contributed by atoms with Gasteiger partial charge in [0.1, 0.15) is 0 Å². The van der Waals surface area contributed by atoms with Crippen LogP contribution in [0.3, 0.4) is 0 Å². The van der Waals surface area contributed by atoms with Crippen molar-refractivity contribution in [1.29, 1.82) is 0 Å². The first kappa shape index (κ1) is 14.0. The lowest BCUT2D eigenvalue weighted by Crippen LogP contribution is -2.32. The highest BCUT2D eigenvalue weighted by molar-refractivity contribution is 9.14. The Kier molecular flexibility index (Phi) is 7.28. The van der Waals surface area contributed by atoms with Gasteiger partial charge in [-0.3, -0.25) is 0 Å². The Balaban J connectivity index is 2.41. The molecule has 0 N–H and O–H groups in total. The van der Waals surface area contributed by atoms with Gasteiger partial charge in [-0.2, -0.15) is 0 Å². The van der Waals surface area contributed by atoms with E-state index in [0.717, 1.165) is 11.2 Å². The summed E-state index contributed by atoms with van der Waals surface area (Å²) in [5.41, 5.74) is 0. The standard InChI is InChI=1S/C10H16Br4/c11-6-8(12)10(14)9(13)7-4-2-1-3-5-7/h7-10H,1-6H2. The number of alkyl halides is 4. The second-order valence-corrected chi connectivity index (χ2v) is 7.90. The highest BCUT2D eigenvalue weighted by Crippen LogP contribution is 2.36. The van der Waals surface area contributed by atoms with Crippen molar-refractivity contribution in [2.45, 2.75) is 46.6 Å². The average molecular weight is 456 g/mol. The van der Waals surface area contributed by atoms with Crippen molar-refractivity contribution in [3.05, 3.63) is 0 Å². The molecule has 0 saturated heterocycles. The molecule has 3 atom stereocenters. The van der Waals surface area contributed by atoms with Gasteiger partial charge in [0.05, 0.1) is 0 Å². The van der Waals surface area contributed by atoms with Crippen LogP contribution in [-0.4, -0.2) is 19.8 Å². The van der Waals surface area contributed by atoms with Crippen molar-refractivity contribution in [3.63, 3.8) is 0 Å². The van der Waals surface area contributed by atoms with E-state index in [1.54, 1.807) is 0 Å². The van der Waals surface area contributed by atoms with Crippen molar-refractivity contribution in [3.8, 4) is 0 Å². The normalized spacial score (nSPS) is 25.7. The zero-order valence-electron chi connectivity index (χ0n) is 8.06. The van der Waals surface area contributed by atoms with Crippen molar-refractivity contribution in [2.24, 2.45) is 5.92 Å². The second-order valence-electron chi connectivity index (χ2n) is 3.96. The van der Waals surface area contributed by atoms with Crippen LogP contribution in [0.1, 0.15) is 32.1 Å². The molecule has 0 amide bonds. The fourth-order valence-corrected chi connectivity index (χ4v) is 5.16. The third-order valence-corrected chi connectivity index (χ3v) is 9.30. The molecule has 0 aromatic carbocycles. The largest absolute Gasteiger partial charge is 0.0916 e. The molecule has 14 heavy (non-hydrogen) atoms. The van der Waals surface area contributed by atoms with Crippen molar-refractivity contribution in [2.75, 3.05) is 5.33 Å². The molecular weight excluding hydrogens is 440 g/mol. The zero-order chi connectivity index (χ0) is 10.6. The second kappa shape index (κ2) is 7.29. The molecule has 0 radical (unpaired) electrons. The molecule has 0 aromatic heterocycles. The molecule has 0 spiro atoms. The first-order valence-corrected chi connectivity index (χ1v) is 9.02. The highest BCUT2D eigenvalue weighted by Gasteiger charge is 2.30. The summed E-state index contributed by atoms with van der Waals surface area (Å²) in [4.78, 5) is 1.63. The molecule has 0 aromatic rings.